The number of rotatable bonds is 7. The van der Waals surface area contributed by atoms with Gasteiger partial charge in [-0.05, 0) is 19.0 Å². The molecule has 126 valence electrons. The van der Waals surface area contributed by atoms with Gasteiger partial charge in [-0.15, -0.1) is 0 Å². The van der Waals surface area contributed by atoms with Gasteiger partial charge in [0.1, 0.15) is 6.73 Å². The smallest absolute Gasteiger partial charge is 0.270 e. The average molecular weight is 337 g/mol. The Kier molecular flexibility index (Phi) is 5.18. The van der Waals surface area contributed by atoms with Crippen molar-refractivity contribution < 1.29 is 14.8 Å². The SMILES string of the molecule is CC(O)c1nn(COCC[Si](C)(C)C)c2ccc([N+](=O)[O-])cc12. The van der Waals surface area contributed by atoms with Gasteiger partial charge in [-0.1, -0.05) is 19.6 Å². The van der Waals surface area contributed by atoms with Gasteiger partial charge in [-0.2, -0.15) is 5.10 Å². The van der Waals surface area contributed by atoms with E-state index in [1.807, 2.05) is 0 Å². The Bertz CT molecular complexity index is 707. The summed E-state index contributed by atoms with van der Waals surface area (Å²) in [5, 5.41) is 25.7. The molecular weight excluding hydrogens is 314 g/mol. The quantitative estimate of drug-likeness (QED) is 0.362. The predicted octanol–water partition coefficient (Wildman–Crippen LogP) is 3.31. The summed E-state index contributed by atoms with van der Waals surface area (Å²) < 4.78 is 7.34. The van der Waals surface area contributed by atoms with Crippen LogP contribution in [-0.4, -0.2) is 34.5 Å². The fourth-order valence-corrected chi connectivity index (χ4v) is 3.00. The van der Waals surface area contributed by atoms with E-state index in [1.165, 1.54) is 12.1 Å². The van der Waals surface area contributed by atoms with Gasteiger partial charge in [0.2, 0.25) is 0 Å². The first-order valence-corrected chi connectivity index (χ1v) is 11.3. The number of aliphatic hydroxyl groups is 1. The Hall–Kier alpha value is -1.77. The molecule has 0 saturated carbocycles. The summed E-state index contributed by atoms with van der Waals surface area (Å²) in [5.41, 5.74) is 1.13. The van der Waals surface area contributed by atoms with E-state index in [0.717, 1.165) is 11.6 Å². The topological polar surface area (TPSA) is 90.4 Å². The number of hydrogen-bond donors (Lipinski definition) is 1. The van der Waals surface area contributed by atoms with Crippen molar-refractivity contribution in [1.82, 2.24) is 9.78 Å². The molecule has 2 rings (SSSR count). The van der Waals surface area contributed by atoms with E-state index in [0.29, 0.717) is 17.7 Å². The van der Waals surface area contributed by atoms with Crippen LogP contribution in [0.1, 0.15) is 18.7 Å². The number of aromatic nitrogens is 2. The minimum absolute atomic E-state index is 0.0152. The molecule has 1 N–H and O–H groups in total. The van der Waals surface area contributed by atoms with Crippen LogP contribution in [0.25, 0.3) is 10.9 Å². The lowest BCUT2D eigenvalue weighted by Crippen LogP contribution is -2.22. The molecule has 0 bridgehead atoms. The molecule has 1 unspecified atom stereocenters. The van der Waals surface area contributed by atoms with Crippen LogP contribution in [0.4, 0.5) is 5.69 Å². The minimum Gasteiger partial charge on any atom is -0.387 e. The molecule has 1 aromatic carbocycles. The molecule has 0 aliphatic heterocycles. The van der Waals surface area contributed by atoms with E-state index in [9.17, 15) is 15.2 Å². The standard InChI is InChI=1S/C15H23N3O4Si/c1-11(19)15-13-9-12(18(20)21)5-6-14(13)17(16-15)10-22-7-8-23(2,3)4/h5-6,9,11,19H,7-8,10H2,1-4H3. The highest BCUT2D eigenvalue weighted by Crippen LogP contribution is 2.27. The van der Waals surface area contributed by atoms with E-state index < -0.39 is 19.1 Å². The van der Waals surface area contributed by atoms with E-state index in [-0.39, 0.29) is 12.4 Å². The number of nitro groups is 1. The number of benzene rings is 1. The van der Waals surface area contributed by atoms with Crippen LogP contribution in [0.5, 0.6) is 0 Å². The highest BCUT2D eigenvalue weighted by atomic mass is 28.3. The number of nitrogens with zero attached hydrogens (tertiary/aromatic N) is 3. The molecular formula is C15H23N3O4Si. The number of nitro benzene ring substituents is 1. The summed E-state index contributed by atoms with van der Waals surface area (Å²) in [6.45, 7) is 9.37. The lowest BCUT2D eigenvalue weighted by Gasteiger charge is -2.15. The summed E-state index contributed by atoms with van der Waals surface area (Å²) in [6, 6.07) is 5.59. The van der Waals surface area contributed by atoms with Crippen LogP contribution in [0, 0.1) is 10.1 Å². The fraction of sp³-hybridized carbons (Fsp3) is 0.533. The number of hydrogen-bond acceptors (Lipinski definition) is 5. The van der Waals surface area contributed by atoms with Crippen molar-refractivity contribution in [3.63, 3.8) is 0 Å². The van der Waals surface area contributed by atoms with E-state index >= 15 is 0 Å². The zero-order valence-electron chi connectivity index (χ0n) is 13.9. The van der Waals surface area contributed by atoms with E-state index in [4.69, 9.17) is 4.74 Å². The highest BCUT2D eigenvalue weighted by Gasteiger charge is 2.18. The first-order valence-electron chi connectivity index (χ1n) is 7.60. The zero-order chi connectivity index (χ0) is 17.2. The van der Waals surface area contributed by atoms with Crippen molar-refractivity contribution in [3.05, 3.63) is 34.0 Å². The Morgan fingerprint density at radius 3 is 2.70 bits per heavy atom. The number of non-ortho nitro benzene ring substituents is 1. The molecule has 0 radical (unpaired) electrons. The van der Waals surface area contributed by atoms with Crippen molar-refractivity contribution in [1.29, 1.82) is 0 Å². The van der Waals surface area contributed by atoms with Crippen molar-refractivity contribution in [2.45, 2.75) is 45.4 Å². The number of fused-ring (bicyclic) bond motifs is 1. The first kappa shape index (κ1) is 17.6. The van der Waals surface area contributed by atoms with Crippen LogP contribution in [0.2, 0.25) is 25.7 Å². The summed E-state index contributed by atoms with van der Waals surface area (Å²) in [5.74, 6) is 0. The lowest BCUT2D eigenvalue weighted by atomic mass is 10.1. The zero-order valence-corrected chi connectivity index (χ0v) is 14.9. The predicted molar refractivity (Wildman–Crippen MR) is 91.1 cm³/mol. The monoisotopic (exact) mass is 337 g/mol. The maximum atomic E-state index is 10.9. The van der Waals surface area contributed by atoms with Gasteiger partial charge in [-0.25, -0.2) is 4.68 Å². The molecule has 2 aromatic rings. The van der Waals surface area contributed by atoms with Crippen molar-refractivity contribution in [3.8, 4) is 0 Å². The lowest BCUT2D eigenvalue weighted by molar-refractivity contribution is -0.384. The third-order valence-corrected chi connectivity index (χ3v) is 5.28. The molecule has 1 heterocycles. The molecule has 1 atom stereocenters. The second kappa shape index (κ2) is 6.77. The summed E-state index contributed by atoms with van der Waals surface area (Å²) >= 11 is 0. The number of ether oxygens (including phenoxy) is 1. The van der Waals surface area contributed by atoms with Crippen molar-refractivity contribution >= 4 is 24.7 Å². The van der Waals surface area contributed by atoms with Gasteiger partial charge in [0.25, 0.3) is 5.69 Å². The van der Waals surface area contributed by atoms with E-state index in [2.05, 4.69) is 24.7 Å². The van der Waals surface area contributed by atoms with Gasteiger partial charge in [0, 0.05) is 32.2 Å². The molecule has 0 fully saturated rings. The molecule has 7 nitrogen and oxygen atoms in total. The molecule has 23 heavy (non-hydrogen) atoms. The molecule has 0 spiro atoms. The minimum atomic E-state index is -1.15. The Morgan fingerprint density at radius 2 is 2.13 bits per heavy atom. The fourth-order valence-electron chi connectivity index (χ4n) is 2.24. The molecule has 0 aliphatic rings. The van der Waals surface area contributed by atoms with Gasteiger partial charge in [-0.3, -0.25) is 10.1 Å². The Balaban J connectivity index is 2.25. The Labute approximate surface area is 136 Å². The summed E-state index contributed by atoms with van der Waals surface area (Å²) in [4.78, 5) is 10.5. The average Bonchev–Trinajstić information content (AvgIpc) is 2.80. The highest BCUT2D eigenvalue weighted by molar-refractivity contribution is 6.76. The summed E-state index contributed by atoms with van der Waals surface area (Å²) in [6.07, 6.45) is -0.803. The molecule has 1 aromatic heterocycles. The van der Waals surface area contributed by atoms with Crippen LogP contribution < -0.4 is 0 Å². The molecule has 0 aliphatic carbocycles. The van der Waals surface area contributed by atoms with Crippen LogP contribution in [-0.2, 0) is 11.5 Å². The second-order valence-corrected chi connectivity index (χ2v) is 12.5. The largest absolute Gasteiger partial charge is 0.387 e. The van der Waals surface area contributed by atoms with Crippen molar-refractivity contribution in [2.75, 3.05) is 6.61 Å². The molecule has 0 saturated heterocycles. The van der Waals surface area contributed by atoms with Crippen molar-refractivity contribution in [2.24, 2.45) is 0 Å². The third-order valence-electron chi connectivity index (χ3n) is 3.58. The van der Waals surface area contributed by atoms with Gasteiger partial charge >= 0.3 is 0 Å². The van der Waals surface area contributed by atoms with Crippen LogP contribution in [0.3, 0.4) is 0 Å². The second-order valence-electron chi connectivity index (χ2n) is 6.87. The third kappa shape index (κ3) is 4.37. The van der Waals surface area contributed by atoms with Crippen LogP contribution >= 0.6 is 0 Å². The molecule has 0 amide bonds. The van der Waals surface area contributed by atoms with Gasteiger partial charge in [0.05, 0.1) is 22.2 Å². The maximum absolute atomic E-state index is 10.9. The van der Waals surface area contributed by atoms with Crippen LogP contribution in [0.15, 0.2) is 18.2 Å². The maximum Gasteiger partial charge on any atom is 0.270 e. The first-order chi connectivity index (χ1) is 10.7. The van der Waals surface area contributed by atoms with Gasteiger partial charge in [0.15, 0.2) is 0 Å². The summed E-state index contributed by atoms with van der Waals surface area (Å²) in [7, 11) is -1.15. The normalized spacial score (nSPS) is 13.4. The number of aliphatic hydroxyl groups excluding tert-OH is 1. The molecule has 8 heteroatoms. The van der Waals surface area contributed by atoms with Gasteiger partial charge < -0.3 is 9.84 Å². The van der Waals surface area contributed by atoms with E-state index in [1.54, 1.807) is 17.7 Å². The Morgan fingerprint density at radius 1 is 1.43 bits per heavy atom.